The monoisotopic (exact) mass is 402 g/mol. The van der Waals surface area contributed by atoms with Crippen molar-refractivity contribution >= 4 is 12.0 Å². The predicted octanol–water partition coefficient (Wildman–Crippen LogP) is 3.79. The number of methoxy groups -OCH3 is 5. The summed E-state index contributed by atoms with van der Waals surface area (Å²) >= 11 is 0. The van der Waals surface area contributed by atoms with Crippen molar-refractivity contribution in [3.63, 3.8) is 0 Å². The van der Waals surface area contributed by atoms with Gasteiger partial charge >= 0.3 is 5.97 Å². The maximum atomic E-state index is 12.2. The van der Waals surface area contributed by atoms with E-state index in [1.54, 1.807) is 45.6 Å². The van der Waals surface area contributed by atoms with Crippen LogP contribution in [-0.2, 0) is 16.1 Å². The summed E-state index contributed by atoms with van der Waals surface area (Å²) < 4.78 is 31.8. The highest BCUT2D eigenvalue weighted by atomic mass is 16.5. The highest BCUT2D eigenvalue weighted by Crippen LogP contribution is 2.35. The van der Waals surface area contributed by atoms with E-state index in [0.717, 1.165) is 11.1 Å². The van der Waals surface area contributed by atoms with Gasteiger partial charge in [-0.05, 0) is 42.3 Å². The summed E-state index contributed by atoms with van der Waals surface area (Å²) in [6.45, 7) is 2.02. The van der Waals surface area contributed by atoms with Crippen molar-refractivity contribution in [1.82, 2.24) is 0 Å². The predicted molar refractivity (Wildman–Crippen MR) is 109 cm³/mol. The molecule has 0 atom stereocenters. The average Bonchev–Trinajstić information content (AvgIpc) is 2.75. The van der Waals surface area contributed by atoms with Gasteiger partial charge in [-0.2, -0.15) is 0 Å². The Kier molecular flexibility index (Phi) is 7.77. The molecule has 2 aromatic carbocycles. The first-order valence-electron chi connectivity index (χ1n) is 8.83. The fraction of sp³-hybridized carbons (Fsp3) is 0.318. The lowest BCUT2D eigenvalue weighted by molar-refractivity contribution is -0.138. The highest BCUT2D eigenvalue weighted by molar-refractivity contribution is 5.88. The summed E-state index contributed by atoms with van der Waals surface area (Å²) in [7, 11) is 7.75. The van der Waals surface area contributed by atoms with Gasteiger partial charge in [0.1, 0.15) is 12.4 Å². The molecule has 0 heterocycles. The number of aryl methyl sites for hydroxylation is 1. The van der Waals surface area contributed by atoms with Crippen LogP contribution in [0.15, 0.2) is 30.3 Å². The number of hydrogen-bond donors (Lipinski definition) is 0. The first kappa shape index (κ1) is 21.9. The van der Waals surface area contributed by atoms with Crippen molar-refractivity contribution < 1.29 is 33.2 Å². The maximum absolute atomic E-state index is 12.2. The van der Waals surface area contributed by atoms with Crippen molar-refractivity contribution in [3.05, 3.63) is 47.0 Å². The Balaban J connectivity index is 2.13. The Morgan fingerprint density at radius 1 is 0.759 bits per heavy atom. The number of carbonyl (C=O) groups is 1. The zero-order chi connectivity index (χ0) is 21.4. The zero-order valence-corrected chi connectivity index (χ0v) is 17.5. The van der Waals surface area contributed by atoms with Gasteiger partial charge in [0, 0.05) is 17.7 Å². The highest BCUT2D eigenvalue weighted by Gasteiger charge is 2.12. The molecule has 0 bridgehead atoms. The summed E-state index contributed by atoms with van der Waals surface area (Å²) in [6, 6.07) is 7.05. The molecule has 0 spiro atoms. The Morgan fingerprint density at radius 3 is 1.86 bits per heavy atom. The molecular formula is C22H26O7. The first-order chi connectivity index (χ1) is 14.0. The van der Waals surface area contributed by atoms with Crippen molar-refractivity contribution in [1.29, 1.82) is 0 Å². The van der Waals surface area contributed by atoms with Crippen LogP contribution in [0.3, 0.4) is 0 Å². The number of benzene rings is 2. The van der Waals surface area contributed by atoms with Crippen LogP contribution in [0.1, 0.15) is 16.7 Å². The SMILES string of the molecule is COc1cc(OC)c(OC)cc1/C=C/C(=O)OCc1cc(OC)c(OC)cc1C. The van der Waals surface area contributed by atoms with Crippen LogP contribution in [0.5, 0.6) is 28.7 Å². The second-order valence-electron chi connectivity index (χ2n) is 6.02. The van der Waals surface area contributed by atoms with Gasteiger partial charge in [0.2, 0.25) is 0 Å². The van der Waals surface area contributed by atoms with Gasteiger partial charge < -0.3 is 28.4 Å². The molecule has 0 radical (unpaired) electrons. The molecule has 0 amide bonds. The van der Waals surface area contributed by atoms with Crippen LogP contribution in [0.2, 0.25) is 0 Å². The van der Waals surface area contributed by atoms with E-state index < -0.39 is 5.97 Å². The average molecular weight is 402 g/mol. The Hall–Kier alpha value is -3.35. The molecule has 0 aliphatic carbocycles. The number of ether oxygens (including phenoxy) is 6. The number of hydrogen-bond acceptors (Lipinski definition) is 7. The van der Waals surface area contributed by atoms with Gasteiger partial charge in [-0.25, -0.2) is 4.79 Å². The molecule has 7 nitrogen and oxygen atoms in total. The van der Waals surface area contributed by atoms with E-state index in [1.165, 1.54) is 20.3 Å². The van der Waals surface area contributed by atoms with Gasteiger partial charge in [0.15, 0.2) is 23.0 Å². The first-order valence-corrected chi connectivity index (χ1v) is 8.83. The summed E-state index contributed by atoms with van der Waals surface area (Å²) in [5.41, 5.74) is 2.42. The third-order valence-corrected chi connectivity index (χ3v) is 4.35. The van der Waals surface area contributed by atoms with E-state index in [9.17, 15) is 4.79 Å². The van der Waals surface area contributed by atoms with Gasteiger partial charge in [0.25, 0.3) is 0 Å². The van der Waals surface area contributed by atoms with Crippen LogP contribution in [0, 0.1) is 6.92 Å². The van der Waals surface area contributed by atoms with Gasteiger partial charge in [-0.1, -0.05) is 0 Å². The molecule has 2 rings (SSSR count). The van der Waals surface area contributed by atoms with E-state index in [1.807, 2.05) is 13.0 Å². The third-order valence-electron chi connectivity index (χ3n) is 4.35. The standard InChI is InChI=1S/C22H26O7/c1-14-9-18(25-3)20(27-5)11-16(14)13-29-22(23)8-7-15-10-19(26-4)21(28-6)12-17(15)24-2/h7-12H,13H2,1-6H3/b8-7+. The van der Waals surface area contributed by atoms with Crippen molar-refractivity contribution in [2.75, 3.05) is 35.5 Å². The Labute approximate surface area is 170 Å². The quantitative estimate of drug-likeness (QED) is 0.467. The summed E-state index contributed by atoms with van der Waals surface area (Å²) in [4.78, 5) is 12.2. The molecule has 0 aromatic heterocycles. The minimum atomic E-state index is -0.490. The van der Waals surface area contributed by atoms with Gasteiger partial charge in [-0.3, -0.25) is 0 Å². The molecule has 0 saturated heterocycles. The van der Waals surface area contributed by atoms with E-state index in [2.05, 4.69) is 0 Å². The molecule has 0 aliphatic heterocycles. The number of rotatable bonds is 9. The molecule has 2 aromatic rings. The lowest BCUT2D eigenvalue weighted by Crippen LogP contribution is -2.03. The molecule has 7 heteroatoms. The van der Waals surface area contributed by atoms with E-state index in [4.69, 9.17) is 28.4 Å². The van der Waals surface area contributed by atoms with Crippen LogP contribution in [0.25, 0.3) is 6.08 Å². The number of esters is 1. The Morgan fingerprint density at radius 2 is 1.28 bits per heavy atom. The minimum Gasteiger partial charge on any atom is -0.496 e. The van der Waals surface area contributed by atoms with Crippen molar-refractivity contribution in [3.8, 4) is 28.7 Å². The largest absolute Gasteiger partial charge is 0.496 e. The summed E-state index contributed by atoms with van der Waals surface area (Å²) in [6.07, 6.45) is 2.93. The molecule has 0 N–H and O–H groups in total. The molecular weight excluding hydrogens is 376 g/mol. The second-order valence-corrected chi connectivity index (χ2v) is 6.02. The van der Waals surface area contributed by atoms with Crippen LogP contribution < -0.4 is 23.7 Å². The second kappa shape index (κ2) is 10.3. The van der Waals surface area contributed by atoms with Crippen LogP contribution in [-0.4, -0.2) is 41.5 Å². The topological polar surface area (TPSA) is 72.5 Å². The van der Waals surface area contributed by atoms with E-state index in [0.29, 0.717) is 34.3 Å². The third kappa shape index (κ3) is 5.34. The van der Waals surface area contributed by atoms with Crippen LogP contribution >= 0.6 is 0 Å². The van der Waals surface area contributed by atoms with E-state index >= 15 is 0 Å². The van der Waals surface area contributed by atoms with Gasteiger partial charge in [-0.15, -0.1) is 0 Å². The lowest BCUT2D eigenvalue weighted by Gasteiger charge is -2.13. The summed E-state index contributed by atoms with van der Waals surface area (Å²) in [5.74, 6) is 2.32. The molecule has 0 unspecified atom stereocenters. The number of carbonyl (C=O) groups excluding carboxylic acids is 1. The van der Waals surface area contributed by atoms with Gasteiger partial charge in [0.05, 0.1) is 35.5 Å². The molecule has 29 heavy (non-hydrogen) atoms. The molecule has 0 saturated carbocycles. The molecule has 0 aliphatic rings. The summed E-state index contributed by atoms with van der Waals surface area (Å²) in [5, 5.41) is 0. The fourth-order valence-corrected chi connectivity index (χ4v) is 2.72. The fourth-order valence-electron chi connectivity index (χ4n) is 2.72. The normalized spacial score (nSPS) is 10.6. The lowest BCUT2D eigenvalue weighted by atomic mass is 10.1. The zero-order valence-electron chi connectivity index (χ0n) is 17.5. The van der Waals surface area contributed by atoms with E-state index in [-0.39, 0.29) is 6.61 Å². The molecule has 156 valence electrons. The smallest absolute Gasteiger partial charge is 0.331 e. The van der Waals surface area contributed by atoms with Crippen molar-refractivity contribution in [2.45, 2.75) is 13.5 Å². The molecule has 0 fully saturated rings. The minimum absolute atomic E-state index is 0.110. The maximum Gasteiger partial charge on any atom is 0.331 e. The Bertz CT molecular complexity index is 887. The van der Waals surface area contributed by atoms with Crippen molar-refractivity contribution in [2.24, 2.45) is 0 Å². The van der Waals surface area contributed by atoms with Crippen LogP contribution in [0.4, 0.5) is 0 Å².